The standard InChI is InChI=1S/C11H11Cl2O/c1-4-7(2)8-5-9(12)11(14-3)10(13)6-8/h4-6H,1H2,2-3H3. The Morgan fingerprint density at radius 2 is 1.86 bits per heavy atom. The van der Waals surface area contributed by atoms with E-state index in [0.717, 1.165) is 11.5 Å². The molecule has 75 valence electrons. The van der Waals surface area contributed by atoms with E-state index in [-0.39, 0.29) is 0 Å². The number of halogens is 2. The minimum absolute atomic E-state index is 0.508. The first kappa shape index (κ1) is 11.4. The first-order valence-electron chi connectivity index (χ1n) is 4.09. The van der Waals surface area contributed by atoms with E-state index in [1.165, 1.54) is 7.11 Å². The van der Waals surface area contributed by atoms with Crippen molar-refractivity contribution in [1.82, 2.24) is 0 Å². The van der Waals surface area contributed by atoms with Crippen LogP contribution in [0.15, 0.2) is 24.8 Å². The van der Waals surface area contributed by atoms with Crippen molar-refractivity contribution in [1.29, 1.82) is 0 Å². The van der Waals surface area contributed by atoms with E-state index >= 15 is 0 Å². The van der Waals surface area contributed by atoms with Crippen LogP contribution in [0.2, 0.25) is 10.0 Å². The molecule has 14 heavy (non-hydrogen) atoms. The molecule has 0 spiro atoms. The molecule has 0 aliphatic heterocycles. The monoisotopic (exact) mass is 229 g/mol. The molecular weight excluding hydrogens is 219 g/mol. The van der Waals surface area contributed by atoms with E-state index in [0.29, 0.717) is 15.8 Å². The van der Waals surface area contributed by atoms with Gasteiger partial charge in [-0.25, -0.2) is 0 Å². The lowest BCUT2D eigenvalue weighted by atomic mass is 10.0. The highest BCUT2D eigenvalue weighted by Gasteiger charge is 2.11. The third kappa shape index (κ3) is 2.23. The molecule has 0 amide bonds. The lowest BCUT2D eigenvalue weighted by Crippen LogP contribution is -1.92. The van der Waals surface area contributed by atoms with E-state index in [2.05, 4.69) is 6.58 Å². The van der Waals surface area contributed by atoms with Gasteiger partial charge < -0.3 is 4.74 Å². The average Bonchev–Trinajstić information content (AvgIpc) is 2.16. The van der Waals surface area contributed by atoms with Gasteiger partial charge >= 0.3 is 0 Å². The Hall–Kier alpha value is -0.660. The molecule has 0 fully saturated rings. The SMILES string of the molecule is C=C[C](C)c1cc(Cl)c(OC)c(Cl)c1. The van der Waals surface area contributed by atoms with Gasteiger partial charge in [0.15, 0.2) is 5.75 Å². The Morgan fingerprint density at radius 1 is 1.36 bits per heavy atom. The zero-order valence-electron chi connectivity index (χ0n) is 8.10. The maximum atomic E-state index is 5.98. The van der Waals surface area contributed by atoms with Crippen molar-refractivity contribution in [3.8, 4) is 5.75 Å². The van der Waals surface area contributed by atoms with Crippen LogP contribution in [0.5, 0.6) is 5.75 Å². The van der Waals surface area contributed by atoms with E-state index in [1.807, 2.05) is 19.1 Å². The molecule has 0 saturated carbocycles. The fourth-order valence-electron chi connectivity index (χ4n) is 1.10. The lowest BCUT2D eigenvalue weighted by molar-refractivity contribution is 0.415. The molecule has 0 N–H and O–H groups in total. The second kappa shape index (κ2) is 4.72. The third-order valence-electron chi connectivity index (χ3n) is 1.96. The molecule has 1 nitrogen and oxygen atoms in total. The van der Waals surface area contributed by atoms with Gasteiger partial charge in [0.2, 0.25) is 0 Å². The van der Waals surface area contributed by atoms with Crippen molar-refractivity contribution in [3.05, 3.63) is 46.3 Å². The summed E-state index contributed by atoms with van der Waals surface area (Å²) in [5.74, 6) is 1.53. The van der Waals surface area contributed by atoms with Crippen LogP contribution in [0.25, 0.3) is 0 Å². The summed E-state index contributed by atoms with van der Waals surface area (Å²) in [4.78, 5) is 0. The summed E-state index contributed by atoms with van der Waals surface area (Å²) in [6.07, 6.45) is 1.76. The van der Waals surface area contributed by atoms with Gasteiger partial charge in [0, 0.05) is 5.92 Å². The normalized spacial score (nSPS) is 10.4. The molecule has 0 unspecified atom stereocenters. The first-order chi connectivity index (χ1) is 6.60. The predicted octanol–water partition coefficient (Wildman–Crippen LogP) is 4.13. The zero-order valence-corrected chi connectivity index (χ0v) is 9.62. The van der Waals surface area contributed by atoms with Crippen LogP contribution in [0, 0.1) is 5.92 Å². The van der Waals surface area contributed by atoms with Crippen LogP contribution in [0.1, 0.15) is 12.5 Å². The minimum Gasteiger partial charge on any atom is -0.494 e. The van der Waals surface area contributed by atoms with Gasteiger partial charge in [-0.05, 0) is 17.7 Å². The molecule has 0 atom stereocenters. The highest BCUT2D eigenvalue weighted by molar-refractivity contribution is 6.37. The highest BCUT2D eigenvalue weighted by atomic mass is 35.5. The summed E-state index contributed by atoms with van der Waals surface area (Å²) in [6, 6.07) is 3.62. The van der Waals surface area contributed by atoms with Crippen LogP contribution < -0.4 is 4.74 Å². The quantitative estimate of drug-likeness (QED) is 0.758. The second-order valence-corrected chi connectivity index (χ2v) is 3.67. The van der Waals surface area contributed by atoms with Gasteiger partial charge in [-0.3, -0.25) is 0 Å². The Balaban J connectivity index is 3.20. The highest BCUT2D eigenvalue weighted by Crippen LogP contribution is 2.35. The van der Waals surface area contributed by atoms with E-state index in [9.17, 15) is 0 Å². The summed E-state index contributed by atoms with van der Waals surface area (Å²) in [7, 11) is 1.54. The molecule has 3 heteroatoms. The average molecular weight is 230 g/mol. The molecule has 1 rings (SSSR count). The molecule has 0 aliphatic rings. The molecule has 0 aliphatic carbocycles. The topological polar surface area (TPSA) is 9.23 Å². The van der Waals surface area contributed by atoms with Gasteiger partial charge in [-0.2, -0.15) is 0 Å². The van der Waals surface area contributed by atoms with Crippen molar-refractivity contribution < 1.29 is 4.74 Å². The third-order valence-corrected chi connectivity index (χ3v) is 2.53. The fourth-order valence-corrected chi connectivity index (χ4v) is 1.74. The minimum atomic E-state index is 0.508. The maximum absolute atomic E-state index is 5.98. The molecule has 1 aromatic rings. The van der Waals surface area contributed by atoms with Gasteiger partial charge in [0.1, 0.15) is 0 Å². The Bertz CT molecular complexity index is 324. The molecule has 0 bridgehead atoms. The predicted molar refractivity (Wildman–Crippen MR) is 61.2 cm³/mol. The van der Waals surface area contributed by atoms with Gasteiger partial charge in [-0.15, -0.1) is 6.58 Å². The summed E-state index contributed by atoms with van der Waals surface area (Å²) in [5, 5.41) is 1.02. The van der Waals surface area contributed by atoms with Crippen molar-refractivity contribution in [2.45, 2.75) is 6.92 Å². The lowest BCUT2D eigenvalue weighted by Gasteiger charge is -2.10. The number of rotatable bonds is 3. The first-order valence-corrected chi connectivity index (χ1v) is 4.85. The molecular formula is C11H11Cl2O. The smallest absolute Gasteiger partial charge is 0.156 e. The summed E-state index contributed by atoms with van der Waals surface area (Å²) in [5.41, 5.74) is 0.954. The molecule has 0 heterocycles. The van der Waals surface area contributed by atoms with Crippen LogP contribution in [-0.4, -0.2) is 7.11 Å². The maximum Gasteiger partial charge on any atom is 0.156 e. The molecule has 0 aromatic heterocycles. The molecule has 1 radical (unpaired) electrons. The number of ether oxygens (including phenoxy) is 1. The number of hydrogen-bond donors (Lipinski definition) is 0. The Kier molecular flexibility index (Phi) is 3.85. The largest absolute Gasteiger partial charge is 0.494 e. The van der Waals surface area contributed by atoms with Crippen LogP contribution in [0.3, 0.4) is 0 Å². The van der Waals surface area contributed by atoms with Gasteiger partial charge in [0.05, 0.1) is 17.2 Å². The van der Waals surface area contributed by atoms with Crippen molar-refractivity contribution in [3.63, 3.8) is 0 Å². The number of hydrogen-bond acceptors (Lipinski definition) is 1. The van der Waals surface area contributed by atoms with Crippen LogP contribution >= 0.6 is 23.2 Å². The van der Waals surface area contributed by atoms with E-state index in [1.54, 1.807) is 6.08 Å². The van der Waals surface area contributed by atoms with E-state index in [4.69, 9.17) is 27.9 Å². The van der Waals surface area contributed by atoms with Crippen molar-refractivity contribution in [2.75, 3.05) is 7.11 Å². The number of methoxy groups -OCH3 is 1. The molecule has 1 aromatic carbocycles. The van der Waals surface area contributed by atoms with Crippen molar-refractivity contribution in [2.24, 2.45) is 0 Å². The van der Waals surface area contributed by atoms with Gasteiger partial charge in [0.25, 0.3) is 0 Å². The summed E-state index contributed by atoms with van der Waals surface area (Å²) in [6.45, 7) is 5.63. The van der Waals surface area contributed by atoms with Crippen molar-refractivity contribution >= 4 is 23.2 Å². The fraction of sp³-hybridized carbons (Fsp3) is 0.182. The van der Waals surface area contributed by atoms with Crippen LogP contribution in [0.4, 0.5) is 0 Å². The Morgan fingerprint density at radius 3 is 2.21 bits per heavy atom. The number of allylic oxidation sites excluding steroid dienone is 1. The van der Waals surface area contributed by atoms with E-state index < -0.39 is 0 Å². The van der Waals surface area contributed by atoms with Gasteiger partial charge in [-0.1, -0.05) is 36.2 Å². The molecule has 0 saturated heterocycles. The summed E-state index contributed by atoms with van der Waals surface area (Å²) >= 11 is 12.0. The second-order valence-electron chi connectivity index (χ2n) is 2.86. The van der Waals surface area contributed by atoms with Crippen LogP contribution in [-0.2, 0) is 0 Å². The zero-order chi connectivity index (χ0) is 10.7. The Labute approximate surface area is 94.3 Å². The number of benzene rings is 1. The summed E-state index contributed by atoms with van der Waals surface area (Å²) < 4.78 is 5.05.